The minimum absolute atomic E-state index is 0.580. The summed E-state index contributed by atoms with van der Waals surface area (Å²) in [5, 5.41) is 0. The van der Waals surface area contributed by atoms with Gasteiger partial charge in [-0.25, -0.2) is 0 Å². The molecule has 1 aliphatic heterocycles. The molecule has 0 radical (unpaired) electrons. The van der Waals surface area contributed by atoms with Gasteiger partial charge in [-0.15, -0.1) is 0 Å². The molecule has 1 aromatic heterocycles. The van der Waals surface area contributed by atoms with Gasteiger partial charge in [-0.1, -0.05) is 6.07 Å². The molecule has 0 spiro atoms. The first kappa shape index (κ1) is 18.8. The SMILES string of the molecule is COCc1cc(CN2CCCN(Cc3ccncc3)CC2)ccc1OC. The van der Waals surface area contributed by atoms with E-state index in [2.05, 4.69) is 45.1 Å². The number of pyridine rings is 1. The molecule has 0 unspecified atom stereocenters. The van der Waals surface area contributed by atoms with Crippen molar-refractivity contribution in [1.82, 2.24) is 14.8 Å². The fraction of sp³-hybridized carbons (Fsp3) is 0.476. The van der Waals surface area contributed by atoms with Gasteiger partial charge in [0.25, 0.3) is 0 Å². The summed E-state index contributed by atoms with van der Waals surface area (Å²) in [6.07, 6.45) is 4.95. The first-order chi connectivity index (χ1) is 12.8. The molecule has 5 nitrogen and oxygen atoms in total. The molecule has 2 aromatic rings. The van der Waals surface area contributed by atoms with Crippen LogP contribution in [0.4, 0.5) is 0 Å². The van der Waals surface area contributed by atoms with Crippen LogP contribution in [0.15, 0.2) is 42.7 Å². The summed E-state index contributed by atoms with van der Waals surface area (Å²) >= 11 is 0. The highest BCUT2D eigenvalue weighted by molar-refractivity contribution is 5.37. The first-order valence-corrected chi connectivity index (χ1v) is 9.27. The lowest BCUT2D eigenvalue weighted by Gasteiger charge is -2.22. The summed E-state index contributed by atoms with van der Waals surface area (Å²) < 4.78 is 10.7. The van der Waals surface area contributed by atoms with Crippen molar-refractivity contribution in [2.24, 2.45) is 0 Å². The van der Waals surface area contributed by atoms with Crippen molar-refractivity contribution in [3.8, 4) is 5.75 Å². The standard InChI is InChI=1S/C21H29N3O2/c1-25-17-20-14-19(4-5-21(20)26-2)16-24-11-3-10-23(12-13-24)15-18-6-8-22-9-7-18/h4-9,14H,3,10-13,15-17H2,1-2H3. The predicted molar refractivity (Wildman–Crippen MR) is 103 cm³/mol. The Labute approximate surface area is 156 Å². The zero-order valence-electron chi connectivity index (χ0n) is 15.9. The highest BCUT2D eigenvalue weighted by Gasteiger charge is 2.16. The van der Waals surface area contributed by atoms with Crippen LogP contribution in [0.25, 0.3) is 0 Å². The minimum Gasteiger partial charge on any atom is -0.496 e. The van der Waals surface area contributed by atoms with Crippen LogP contribution in [0.5, 0.6) is 5.75 Å². The molecule has 0 atom stereocenters. The molecular formula is C21H29N3O2. The van der Waals surface area contributed by atoms with Crippen molar-refractivity contribution in [1.29, 1.82) is 0 Å². The van der Waals surface area contributed by atoms with Crippen LogP contribution >= 0.6 is 0 Å². The van der Waals surface area contributed by atoms with Gasteiger partial charge in [-0.3, -0.25) is 14.8 Å². The van der Waals surface area contributed by atoms with E-state index in [0.717, 1.165) is 50.6 Å². The number of rotatable bonds is 7. The number of hydrogen-bond donors (Lipinski definition) is 0. The Bertz CT molecular complexity index is 678. The molecule has 26 heavy (non-hydrogen) atoms. The van der Waals surface area contributed by atoms with E-state index >= 15 is 0 Å². The van der Waals surface area contributed by atoms with E-state index in [1.54, 1.807) is 14.2 Å². The van der Waals surface area contributed by atoms with Gasteiger partial charge < -0.3 is 9.47 Å². The number of aromatic nitrogens is 1. The highest BCUT2D eigenvalue weighted by atomic mass is 16.5. The van der Waals surface area contributed by atoms with Crippen LogP contribution < -0.4 is 4.74 Å². The van der Waals surface area contributed by atoms with Gasteiger partial charge in [0.05, 0.1) is 13.7 Å². The van der Waals surface area contributed by atoms with Crippen LogP contribution in [0.1, 0.15) is 23.1 Å². The van der Waals surface area contributed by atoms with Crippen LogP contribution in [-0.2, 0) is 24.4 Å². The summed E-state index contributed by atoms with van der Waals surface area (Å²) in [5.74, 6) is 0.898. The fourth-order valence-electron chi connectivity index (χ4n) is 3.54. The van der Waals surface area contributed by atoms with Gasteiger partial charge in [0.2, 0.25) is 0 Å². The third-order valence-electron chi connectivity index (χ3n) is 4.89. The van der Waals surface area contributed by atoms with E-state index in [1.807, 2.05) is 12.4 Å². The van der Waals surface area contributed by atoms with E-state index in [4.69, 9.17) is 9.47 Å². The lowest BCUT2D eigenvalue weighted by atomic mass is 10.1. The van der Waals surface area contributed by atoms with Gasteiger partial charge >= 0.3 is 0 Å². The Kier molecular flexibility index (Phi) is 7.00. The minimum atomic E-state index is 0.580. The van der Waals surface area contributed by atoms with Gasteiger partial charge in [0.15, 0.2) is 0 Å². The van der Waals surface area contributed by atoms with Crippen LogP contribution in [0.3, 0.4) is 0 Å². The molecule has 2 heterocycles. The number of ether oxygens (including phenoxy) is 2. The topological polar surface area (TPSA) is 37.8 Å². The van der Waals surface area contributed by atoms with E-state index in [0.29, 0.717) is 6.61 Å². The Morgan fingerprint density at radius 1 is 0.885 bits per heavy atom. The van der Waals surface area contributed by atoms with Crippen LogP contribution in [0.2, 0.25) is 0 Å². The molecular weight excluding hydrogens is 326 g/mol. The van der Waals surface area contributed by atoms with Crippen molar-refractivity contribution in [2.75, 3.05) is 40.4 Å². The Hall–Kier alpha value is -1.95. The molecule has 0 aliphatic carbocycles. The lowest BCUT2D eigenvalue weighted by Crippen LogP contribution is -2.30. The third kappa shape index (κ3) is 5.27. The quantitative estimate of drug-likeness (QED) is 0.763. The van der Waals surface area contributed by atoms with Crippen molar-refractivity contribution >= 4 is 0 Å². The number of benzene rings is 1. The van der Waals surface area contributed by atoms with Crippen molar-refractivity contribution in [2.45, 2.75) is 26.1 Å². The fourth-order valence-corrected chi connectivity index (χ4v) is 3.54. The lowest BCUT2D eigenvalue weighted by molar-refractivity contribution is 0.181. The highest BCUT2D eigenvalue weighted by Crippen LogP contribution is 2.22. The van der Waals surface area contributed by atoms with E-state index in [9.17, 15) is 0 Å². The third-order valence-corrected chi connectivity index (χ3v) is 4.89. The second kappa shape index (κ2) is 9.67. The first-order valence-electron chi connectivity index (χ1n) is 9.27. The summed E-state index contributed by atoms with van der Waals surface area (Å²) in [5.41, 5.74) is 3.77. The molecule has 1 aliphatic rings. The largest absolute Gasteiger partial charge is 0.496 e. The molecule has 0 saturated carbocycles. The van der Waals surface area contributed by atoms with Crippen molar-refractivity contribution in [3.05, 3.63) is 59.4 Å². The Morgan fingerprint density at radius 2 is 1.58 bits per heavy atom. The molecule has 140 valence electrons. The summed E-state index contributed by atoms with van der Waals surface area (Å²) in [4.78, 5) is 9.19. The zero-order valence-corrected chi connectivity index (χ0v) is 15.9. The molecule has 1 saturated heterocycles. The number of nitrogens with zero attached hydrogens (tertiary/aromatic N) is 3. The molecule has 0 amide bonds. The van der Waals surface area contributed by atoms with Gasteiger partial charge in [-0.05, 0) is 54.9 Å². The average molecular weight is 355 g/mol. The zero-order chi connectivity index (χ0) is 18.2. The molecule has 0 bridgehead atoms. The van der Waals surface area contributed by atoms with E-state index in [1.165, 1.54) is 17.5 Å². The average Bonchev–Trinajstić information content (AvgIpc) is 2.88. The van der Waals surface area contributed by atoms with Crippen LogP contribution in [0, 0.1) is 0 Å². The molecule has 1 fully saturated rings. The van der Waals surface area contributed by atoms with Gasteiger partial charge in [-0.2, -0.15) is 0 Å². The molecule has 1 aromatic carbocycles. The van der Waals surface area contributed by atoms with Gasteiger partial charge in [0.1, 0.15) is 5.75 Å². The van der Waals surface area contributed by atoms with Crippen molar-refractivity contribution in [3.63, 3.8) is 0 Å². The Morgan fingerprint density at radius 3 is 2.23 bits per heavy atom. The van der Waals surface area contributed by atoms with Gasteiger partial charge in [0, 0.05) is 51.2 Å². The maximum atomic E-state index is 5.43. The van der Waals surface area contributed by atoms with E-state index < -0.39 is 0 Å². The van der Waals surface area contributed by atoms with Crippen molar-refractivity contribution < 1.29 is 9.47 Å². The second-order valence-corrected chi connectivity index (χ2v) is 6.84. The number of methoxy groups -OCH3 is 2. The monoisotopic (exact) mass is 355 g/mol. The summed E-state index contributed by atoms with van der Waals surface area (Å²) in [7, 11) is 3.43. The molecule has 5 heteroatoms. The molecule has 0 N–H and O–H groups in total. The predicted octanol–water partition coefficient (Wildman–Crippen LogP) is 2.94. The number of hydrogen-bond acceptors (Lipinski definition) is 5. The molecule has 3 rings (SSSR count). The van der Waals surface area contributed by atoms with E-state index in [-0.39, 0.29) is 0 Å². The summed E-state index contributed by atoms with van der Waals surface area (Å²) in [6, 6.07) is 10.6. The maximum Gasteiger partial charge on any atom is 0.124 e. The maximum absolute atomic E-state index is 5.43. The second-order valence-electron chi connectivity index (χ2n) is 6.84. The normalized spacial score (nSPS) is 16.4. The summed E-state index contributed by atoms with van der Waals surface area (Å²) in [6.45, 7) is 7.05. The Balaban J connectivity index is 1.57. The smallest absolute Gasteiger partial charge is 0.124 e. The van der Waals surface area contributed by atoms with Crippen LogP contribution in [-0.4, -0.2) is 55.2 Å².